The molecule has 0 bridgehead atoms. The van der Waals surface area contributed by atoms with Gasteiger partial charge >= 0.3 is 0 Å². The highest BCUT2D eigenvalue weighted by atomic mass is 14.8. The lowest BCUT2D eigenvalue weighted by molar-refractivity contribution is 0.954. The summed E-state index contributed by atoms with van der Waals surface area (Å²) in [5.41, 5.74) is 10.6. The summed E-state index contributed by atoms with van der Waals surface area (Å²) in [6.45, 7) is 2.77. The number of fused-ring (bicyclic) bond motifs is 1. The number of rotatable bonds is 2. The third-order valence-corrected chi connectivity index (χ3v) is 2.48. The summed E-state index contributed by atoms with van der Waals surface area (Å²) >= 11 is 0. The van der Waals surface area contributed by atoms with E-state index in [-0.39, 0.29) is 0 Å². The quantitative estimate of drug-likeness (QED) is 0.682. The Bertz CT molecular complexity index is 343. The number of hydrogen-bond acceptors (Lipinski definition) is 2. The molecule has 0 atom stereocenters. The lowest BCUT2D eigenvalue weighted by Crippen LogP contribution is -2.06. The Morgan fingerprint density at radius 1 is 1.54 bits per heavy atom. The summed E-state index contributed by atoms with van der Waals surface area (Å²) in [5.74, 6) is 0. The molecule has 1 aliphatic carbocycles. The lowest BCUT2D eigenvalue weighted by atomic mass is 9.95. The molecule has 2 rings (SSSR count). The van der Waals surface area contributed by atoms with Gasteiger partial charge in [-0.1, -0.05) is 18.2 Å². The summed E-state index contributed by atoms with van der Waals surface area (Å²) in [6.07, 6.45) is 8.30. The Kier molecular flexibility index (Phi) is 2.15. The van der Waals surface area contributed by atoms with Gasteiger partial charge in [0.15, 0.2) is 0 Å². The second-order valence-electron chi connectivity index (χ2n) is 3.37. The number of aliphatic imine (C=N–C) groups is 1. The van der Waals surface area contributed by atoms with Gasteiger partial charge in [-0.05, 0) is 25.5 Å². The van der Waals surface area contributed by atoms with Crippen LogP contribution < -0.4 is 5.73 Å². The van der Waals surface area contributed by atoms with Gasteiger partial charge in [0.05, 0.1) is 5.71 Å². The summed E-state index contributed by atoms with van der Waals surface area (Å²) in [4.78, 5) is 4.53. The van der Waals surface area contributed by atoms with Gasteiger partial charge < -0.3 is 5.73 Å². The molecule has 0 fully saturated rings. The van der Waals surface area contributed by atoms with Gasteiger partial charge in [0.25, 0.3) is 0 Å². The van der Waals surface area contributed by atoms with Crippen molar-refractivity contribution >= 4 is 5.71 Å². The lowest BCUT2D eigenvalue weighted by Gasteiger charge is -2.08. The molecule has 2 aliphatic rings. The number of nitrogens with zero attached hydrogens (tertiary/aromatic N) is 1. The van der Waals surface area contributed by atoms with E-state index in [0.29, 0.717) is 6.54 Å². The van der Waals surface area contributed by atoms with Crippen molar-refractivity contribution in [2.75, 3.05) is 6.54 Å². The molecule has 2 nitrogen and oxygen atoms in total. The zero-order chi connectivity index (χ0) is 9.26. The molecule has 2 N–H and O–H groups in total. The van der Waals surface area contributed by atoms with Gasteiger partial charge in [-0.2, -0.15) is 0 Å². The maximum atomic E-state index is 5.56. The summed E-state index contributed by atoms with van der Waals surface area (Å²) < 4.78 is 0. The average molecular weight is 174 g/mol. The third kappa shape index (κ3) is 1.38. The van der Waals surface area contributed by atoms with Crippen LogP contribution in [0.2, 0.25) is 0 Å². The first-order valence-corrected chi connectivity index (χ1v) is 4.68. The highest BCUT2D eigenvalue weighted by Crippen LogP contribution is 2.30. The number of nitrogens with two attached hydrogens (primary N) is 1. The standard InChI is InChI=1S/C11H14N2/c1-8-9(6-7-12)10-4-2-3-5-11(10)13-8/h2-4H,5-7,12H2,1H3. The van der Waals surface area contributed by atoms with E-state index < -0.39 is 0 Å². The fourth-order valence-corrected chi connectivity index (χ4v) is 1.86. The molecular weight excluding hydrogens is 160 g/mol. The van der Waals surface area contributed by atoms with Crippen molar-refractivity contribution in [1.29, 1.82) is 0 Å². The normalized spacial score (nSPS) is 20.2. The molecule has 13 heavy (non-hydrogen) atoms. The van der Waals surface area contributed by atoms with E-state index in [1.165, 1.54) is 16.9 Å². The molecule has 0 aromatic carbocycles. The third-order valence-electron chi connectivity index (χ3n) is 2.48. The van der Waals surface area contributed by atoms with E-state index in [1.807, 2.05) is 0 Å². The fourth-order valence-electron chi connectivity index (χ4n) is 1.86. The molecule has 0 aromatic rings. The Labute approximate surface area is 78.5 Å². The molecule has 0 unspecified atom stereocenters. The predicted molar refractivity (Wildman–Crippen MR) is 55.6 cm³/mol. The zero-order valence-electron chi connectivity index (χ0n) is 7.88. The highest BCUT2D eigenvalue weighted by molar-refractivity contribution is 6.08. The van der Waals surface area contributed by atoms with Crippen LogP contribution in [0.25, 0.3) is 0 Å². The Morgan fingerprint density at radius 2 is 2.38 bits per heavy atom. The Balaban J connectivity index is 2.33. The van der Waals surface area contributed by atoms with Gasteiger partial charge in [0, 0.05) is 17.7 Å². The van der Waals surface area contributed by atoms with E-state index in [0.717, 1.165) is 18.5 Å². The molecule has 0 saturated carbocycles. The van der Waals surface area contributed by atoms with Crippen LogP contribution in [0.15, 0.2) is 40.1 Å². The smallest absolute Gasteiger partial charge is 0.0520 e. The molecule has 68 valence electrons. The van der Waals surface area contributed by atoms with E-state index in [4.69, 9.17) is 5.73 Å². The minimum Gasteiger partial charge on any atom is -0.330 e. The van der Waals surface area contributed by atoms with Crippen LogP contribution in [0.4, 0.5) is 0 Å². The van der Waals surface area contributed by atoms with Crippen molar-refractivity contribution in [2.24, 2.45) is 10.7 Å². The van der Waals surface area contributed by atoms with Crippen molar-refractivity contribution in [3.8, 4) is 0 Å². The Morgan fingerprint density at radius 3 is 3.15 bits per heavy atom. The topological polar surface area (TPSA) is 38.4 Å². The van der Waals surface area contributed by atoms with Crippen LogP contribution in [-0.4, -0.2) is 12.3 Å². The second kappa shape index (κ2) is 3.30. The molecule has 2 heteroatoms. The van der Waals surface area contributed by atoms with E-state index >= 15 is 0 Å². The molecule has 0 aromatic heterocycles. The highest BCUT2D eigenvalue weighted by Gasteiger charge is 2.20. The molecule has 1 heterocycles. The van der Waals surface area contributed by atoms with Crippen LogP contribution in [0.5, 0.6) is 0 Å². The average Bonchev–Trinajstić information content (AvgIpc) is 2.44. The zero-order valence-corrected chi connectivity index (χ0v) is 7.88. The molecule has 0 saturated heterocycles. The largest absolute Gasteiger partial charge is 0.330 e. The van der Waals surface area contributed by atoms with Gasteiger partial charge in [0.1, 0.15) is 0 Å². The summed E-state index contributed by atoms with van der Waals surface area (Å²) in [5, 5.41) is 0. The van der Waals surface area contributed by atoms with Crippen molar-refractivity contribution < 1.29 is 0 Å². The second-order valence-corrected chi connectivity index (χ2v) is 3.37. The van der Waals surface area contributed by atoms with Crippen molar-refractivity contribution in [2.45, 2.75) is 19.8 Å². The first kappa shape index (κ1) is 8.45. The van der Waals surface area contributed by atoms with Crippen LogP contribution >= 0.6 is 0 Å². The maximum Gasteiger partial charge on any atom is 0.0520 e. The first-order valence-electron chi connectivity index (χ1n) is 4.68. The summed E-state index contributed by atoms with van der Waals surface area (Å²) in [6, 6.07) is 0. The fraction of sp³-hybridized carbons (Fsp3) is 0.364. The van der Waals surface area contributed by atoms with Crippen LogP contribution in [0.1, 0.15) is 19.8 Å². The summed E-state index contributed by atoms with van der Waals surface area (Å²) in [7, 11) is 0. The number of allylic oxidation sites excluding steroid dienone is 5. The molecular formula is C11H14N2. The van der Waals surface area contributed by atoms with E-state index in [2.05, 4.69) is 30.1 Å². The van der Waals surface area contributed by atoms with Crippen LogP contribution in [-0.2, 0) is 0 Å². The molecule has 0 radical (unpaired) electrons. The minimum atomic E-state index is 0.705. The van der Waals surface area contributed by atoms with Crippen molar-refractivity contribution in [1.82, 2.24) is 0 Å². The Hall–Kier alpha value is -1.15. The first-order chi connectivity index (χ1) is 6.33. The monoisotopic (exact) mass is 174 g/mol. The van der Waals surface area contributed by atoms with Crippen LogP contribution in [0, 0.1) is 0 Å². The number of hydrogen-bond donors (Lipinski definition) is 1. The molecule has 1 aliphatic heterocycles. The molecule has 0 spiro atoms. The molecule has 0 amide bonds. The minimum absolute atomic E-state index is 0.705. The predicted octanol–water partition coefficient (Wildman–Crippen LogP) is 1.95. The SMILES string of the molecule is CC1=C(CCN)C2=CC=CCC2=N1. The van der Waals surface area contributed by atoms with Crippen molar-refractivity contribution in [3.05, 3.63) is 35.1 Å². The van der Waals surface area contributed by atoms with E-state index in [9.17, 15) is 0 Å². The maximum absolute atomic E-state index is 5.56. The van der Waals surface area contributed by atoms with Gasteiger partial charge in [-0.3, -0.25) is 4.99 Å². The van der Waals surface area contributed by atoms with E-state index in [1.54, 1.807) is 0 Å². The van der Waals surface area contributed by atoms with Gasteiger partial charge in [0.2, 0.25) is 0 Å². The van der Waals surface area contributed by atoms with Crippen LogP contribution in [0.3, 0.4) is 0 Å². The van der Waals surface area contributed by atoms with Gasteiger partial charge in [-0.15, -0.1) is 0 Å². The van der Waals surface area contributed by atoms with Crippen molar-refractivity contribution in [3.63, 3.8) is 0 Å². The van der Waals surface area contributed by atoms with Gasteiger partial charge in [-0.25, -0.2) is 0 Å².